The van der Waals surface area contributed by atoms with Crippen LogP contribution in [-0.2, 0) is 6.54 Å². The molecule has 0 aliphatic rings. The van der Waals surface area contributed by atoms with E-state index in [4.69, 9.17) is 34.7 Å². The van der Waals surface area contributed by atoms with Gasteiger partial charge >= 0.3 is 0 Å². The third-order valence-corrected chi connectivity index (χ3v) is 3.67. The molecule has 0 bridgehead atoms. The highest BCUT2D eigenvalue weighted by Gasteiger charge is 2.17. The molecule has 0 aliphatic heterocycles. The number of fused-ring (bicyclic) bond motifs is 1. The van der Waals surface area contributed by atoms with E-state index >= 15 is 0 Å². The summed E-state index contributed by atoms with van der Waals surface area (Å²) in [6.07, 6.45) is 0. The molecule has 1 aromatic carbocycles. The third-order valence-electron chi connectivity index (χ3n) is 3.12. The van der Waals surface area contributed by atoms with Crippen molar-refractivity contribution in [3.63, 3.8) is 0 Å². The van der Waals surface area contributed by atoms with E-state index in [-0.39, 0.29) is 6.54 Å². The summed E-state index contributed by atoms with van der Waals surface area (Å²) in [5.41, 5.74) is 13.9. The van der Waals surface area contributed by atoms with Crippen LogP contribution < -0.4 is 11.5 Å². The Balaban J connectivity index is 2.35. The molecule has 0 fully saturated rings. The number of anilines is 1. The van der Waals surface area contributed by atoms with E-state index in [0.29, 0.717) is 44.3 Å². The van der Waals surface area contributed by atoms with Gasteiger partial charge in [-0.3, -0.25) is 0 Å². The zero-order chi connectivity index (χ0) is 15.1. The molecule has 3 rings (SSSR count). The van der Waals surface area contributed by atoms with Gasteiger partial charge in [0.1, 0.15) is 11.6 Å². The summed E-state index contributed by atoms with van der Waals surface area (Å²) in [7, 11) is 0. The van der Waals surface area contributed by atoms with Crippen molar-refractivity contribution in [2.45, 2.75) is 13.5 Å². The molecule has 3 aromatic rings. The van der Waals surface area contributed by atoms with Crippen LogP contribution in [0.2, 0.25) is 10.0 Å². The largest absolute Gasteiger partial charge is 0.383 e. The van der Waals surface area contributed by atoms with E-state index in [1.807, 2.05) is 0 Å². The molecule has 4 N–H and O–H groups in total. The van der Waals surface area contributed by atoms with Gasteiger partial charge in [-0.2, -0.15) is 9.50 Å². The Bertz CT molecular complexity index is 842. The number of rotatable bonds is 2. The number of benzene rings is 1. The van der Waals surface area contributed by atoms with Crippen molar-refractivity contribution in [3.05, 3.63) is 39.6 Å². The molecule has 108 valence electrons. The zero-order valence-electron chi connectivity index (χ0n) is 11.1. The SMILES string of the molecule is Cc1nc2nc(-c3ccc(Cl)cc3Cl)c(CN)c(N)n2n1. The first-order chi connectivity index (χ1) is 10.0. The fourth-order valence-corrected chi connectivity index (χ4v) is 2.66. The lowest BCUT2D eigenvalue weighted by Crippen LogP contribution is -2.11. The summed E-state index contributed by atoms with van der Waals surface area (Å²) in [6, 6.07) is 5.17. The highest BCUT2D eigenvalue weighted by Crippen LogP contribution is 2.33. The predicted octanol–water partition coefficient (Wildman–Crippen LogP) is 2.45. The van der Waals surface area contributed by atoms with E-state index in [1.165, 1.54) is 4.52 Å². The summed E-state index contributed by atoms with van der Waals surface area (Å²) in [6.45, 7) is 1.98. The van der Waals surface area contributed by atoms with Crippen LogP contribution in [0.25, 0.3) is 17.0 Å². The summed E-state index contributed by atoms with van der Waals surface area (Å²) < 4.78 is 1.48. The van der Waals surface area contributed by atoms with Gasteiger partial charge in [-0.05, 0) is 25.1 Å². The first-order valence-corrected chi connectivity index (χ1v) is 6.94. The van der Waals surface area contributed by atoms with E-state index < -0.39 is 0 Å². The molecule has 0 amide bonds. The minimum absolute atomic E-state index is 0.210. The van der Waals surface area contributed by atoms with Crippen LogP contribution in [0.5, 0.6) is 0 Å². The average molecular weight is 323 g/mol. The van der Waals surface area contributed by atoms with Crippen LogP contribution >= 0.6 is 23.2 Å². The second-order valence-electron chi connectivity index (χ2n) is 4.52. The van der Waals surface area contributed by atoms with Crippen LogP contribution in [0.15, 0.2) is 18.2 Å². The van der Waals surface area contributed by atoms with Crippen molar-refractivity contribution in [1.29, 1.82) is 0 Å². The fourth-order valence-electron chi connectivity index (χ4n) is 2.16. The number of nitrogens with two attached hydrogens (primary N) is 2. The van der Waals surface area contributed by atoms with Crippen LogP contribution in [0, 0.1) is 6.92 Å². The lowest BCUT2D eigenvalue weighted by atomic mass is 10.1. The second kappa shape index (κ2) is 5.14. The van der Waals surface area contributed by atoms with Crippen molar-refractivity contribution < 1.29 is 0 Å². The van der Waals surface area contributed by atoms with Crippen LogP contribution in [-0.4, -0.2) is 19.6 Å². The molecule has 0 atom stereocenters. The quantitative estimate of drug-likeness (QED) is 0.755. The van der Waals surface area contributed by atoms with Gasteiger partial charge in [0.15, 0.2) is 0 Å². The van der Waals surface area contributed by atoms with Gasteiger partial charge in [-0.15, -0.1) is 5.10 Å². The molecule has 0 aliphatic carbocycles. The van der Waals surface area contributed by atoms with E-state index in [9.17, 15) is 0 Å². The van der Waals surface area contributed by atoms with Crippen molar-refractivity contribution in [2.75, 3.05) is 5.73 Å². The number of aromatic nitrogens is 4. The molecule has 2 aromatic heterocycles. The van der Waals surface area contributed by atoms with Crippen molar-refractivity contribution in [1.82, 2.24) is 19.6 Å². The molecular weight excluding hydrogens is 311 g/mol. The summed E-state index contributed by atoms with van der Waals surface area (Å²) in [5.74, 6) is 1.39. The number of nitrogen functional groups attached to an aromatic ring is 1. The first kappa shape index (κ1) is 14.1. The van der Waals surface area contributed by atoms with Crippen LogP contribution in [0.4, 0.5) is 5.82 Å². The number of hydrogen-bond donors (Lipinski definition) is 2. The standard InChI is InChI=1S/C13H12Cl2N6/c1-6-18-13-19-11(8-3-2-7(14)4-10(8)15)9(5-16)12(17)21(13)20-6/h2-4H,5,16-17H2,1H3. The molecule has 8 heteroatoms. The Hall–Kier alpha value is -1.89. The Labute approximate surface area is 130 Å². The van der Waals surface area contributed by atoms with Crippen LogP contribution in [0.3, 0.4) is 0 Å². The summed E-state index contributed by atoms with van der Waals surface area (Å²) in [4.78, 5) is 8.72. The molecule has 0 saturated carbocycles. The Morgan fingerprint density at radius 3 is 2.67 bits per heavy atom. The lowest BCUT2D eigenvalue weighted by Gasteiger charge is -2.12. The number of nitrogens with zero attached hydrogens (tertiary/aromatic N) is 4. The Morgan fingerprint density at radius 1 is 1.24 bits per heavy atom. The van der Waals surface area contributed by atoms with Crippen LogP contribution in [0.1, 0.15) is 11.4 Å². The van der Waals surface area contributed by atoms with E-state index in [2.05, 4.69) is 15.1 Å². The molecule has 21 heavy (non-hydrogen) atoms. The van der Waals surface area contributed by atoms with Gasteiger partial charge in [0.2, 0.25) is 0 Å². The van der Waals surface area contributed by atoms with Gasteiger partial charge in [-0.1, -0.05) is 23.2 Å². The van der Waals surface area contributed by atoms with Crippen molar-refractivity contribution in [2.24, 2.45) is 5.73 Å². The van der Waals surface area contributed by atoms with Gasteiger partial charge < -0.3 is 11.5 Å². The highest BCUT2D eigenvalue weighted by molar-refractivity contribution is 6.36. The maximum Gasteiger partial charge on any atom is 0.254 e. The molecule has 2 heterocycles. The Kier molecular flexibility index (Phi) is 3.44. The molecule has 6 nitrogen and oxygen atoms in total. The summed E-state index contributed by atoms with van der Waals surface area (Å²) >= 11 is 12.2. The number of hydrogen-bond acceptors (Lipinski definition) is 5. The van der Waals surface area contributed by atoms with E-state index in [1.54, 1.807) is 25.1 Å². The van der Waals surface area contributed by atoms with Gasteiger partial charge in [0.05, 0.1) is 10.7 Å². The molecule has 0 spiro atoms. The third kappa shape index (κ3) is 2.31. The lowest BCUT2D eigenvalue weighted by molar-refractivity contribution is 0.903. The maximum atomic E-state index is 6.25. The van der Waals surface area contributed by atoms with Crippen molar-refractivity contribution in [3.8, 4) is 11.3 Å². The van der Waals surface area contributed by atoms with Gasteiger partial charge in [0, 0.05) is 22.7 Å². The topological polar surface area (TPSA) is 95.1 Å². The smallest absolute Gasteiger partial charge is 0.254 e. The summed E-state index contributed by atoms with van der Waals surface area (Å²) in [5, 5.41) is 5.22. The first-order valence-electron chi connectivity index (χ1n) is 6.18. The second-order valence-corrected chi connectivity index (χ2v) is 5.37. The average Bonchev–Trinajstić information content (AvgIpc) is 2.80. The molecule has 0 unspecified atom stereocenters. The zero-order valence-corrected chi connectivity index (χ0v) is 12.7. The highest BCUT2D eigenvalue weighted by atomic mass is 35.5. The van der Waals surface area contributed by atoms with Gasteiger partial charge in [-0.25, -0.2) is 4.98 Å². The molecular formula is C13H12Cl2N6. The fraction of sp³-hybridized carbons (Fsp3) is 0.154. The molecule has 0 saturated heterocycles. The maximum absolute atomic E-state index is 6.25. The molecule has 0 radical (unpaired) electrons. The predicted molar refractivity (Wildman–Crippen MR) is 83.3 cm³/mol. The normalized spacial score (nSPS) is 11.2. The minimum atomic E-state index is 0.210. The Morgan fingerprint density at radius 2 is 2.00 bits per heavy atom. The monoisotopic (exact) mass is 322 g/mol. The van der Waals surface area contributed by atoms with Gasteiger partial charge in [0.25, 0.3) is 5.78 Å². The van der Waals surface area contributed by atoms with Crippen molar-refractivity contribution >= 4 is 34.8 Å². The number of aryl methyl sites for hydroxylation is 1. The number of halogens is 2. The minimum Gasteiger partial charge on any atom is -0.383 e. The van der Waals surface area contributed by atoms with E-state index in [0.717, 1.165) is 0 Å².